The summed E-state index contributed by atoms with van der Waals surface area (Å²) in [5, 5.41) is 13.5. The highest BCUT2D eigenvalue weighted by atomic mass is 16.3. The zero-order chi connectivity index (χ0) is 9.03. The number of rotatable bonds is 3. The molecule has 1 aliphatic rings. The second-order valence-electron chi connectivity index (χ2n) is 3.83. The monoisotopic (exact) mass is 171 g/mol. The average molecular weight is 171 g/mol. The van der Waals surface area contributed by atoms with Crippen molar-refractivity contribution in [3.8, 4) is 0 Å². The van der Waals surface area contributed by atoms with Crippen molar-refractivity contribution in [3.63, 3.8) is 0 Å². The highest BCUT2D eigenvalue weighted by molar-refractivity contribution is 4.86. The first-order valence-electron chi connectivity index (χ1n) is 5.16. The van der Waals surface area contributed by atoms with E-state index in [0.717, 1.165) is 38.8 Å². The van der Waals surface area contributed by atoms with Gasteiger partial charge in [0.25, 0.3) is 0 Å². The van der Waals surface area contributed by atoms with Gasteiger partial charge in [0.2, 0.25) is 0 Å². The smallest absolute Gasteiger partial charge is 0.0671 e. The van der Waals surface area contributed by atoms with Crippen LogP contribution in [0.5, 0.6) is 0 Å². The Morgan fingerprint density at radius 1 is 1.25 bits per heavy atom. The van der Waals surface area contributed by atoms with Crippen LogP contribution < -0.4 is 5.32 Å². The molecule has 72 valence electrons. The standard InChI is InChI=1S/C10H21NO/c1-3-10(12,4-2)9-5-7-11-8-6-9/h9,11-12H,3-8H2,1-2H3. The lowest BCUT2D eigenvalue weighted by atomic mass is 9.77. The highest BCUT2D eigenvalue weighted by Crippen LogP contribution is 2.31. The second-order valence-corrected chi connectivity index (χ2v) is 3.83. The Bertz CT molecular complexity index is 126. The lowest BCUT2D eigenvalue weighted by Crippen LogP contribution is -2.42. The van der Waals surface area contributed by atoms with Crippen molar-refractivity contribution in [3.05, 3.63) is 0 Å². The van der Waals surface area contributed by atoms with Gasteiger partial charge in [0, 0.05) is 0 Å². The molecule has 0 aromatic rings. The van der Waals surface area contributed by atoms with Crippen LogP contribution in [0.15, 0.2) is 0 Å². The van der Waals surface area contributed by atoms with Crippen molar-refractivity contribution < 1.29 is 5.11 Å². The predicted molar refractivity (Wildman–Crippen MR) is 51.1 cm³/mol. The molecule has 2 heteroatoms. The van der Waals surface area contributed by atoms with Crippen molar-refractivity contribution in [1.29, 1.82) is 0 Å². The summed E-state index contributed by atoms with van der Waals surface area (Å²) in [6.45, 7) is 6.33. The van der Waals surface area contributed by atoms with Gasteiger partial charge in [-0.25, -0.2) is 0 Å². The van der Waals surface area contributed by atoms with Crippen LogP contribution >= 0.6 is 0 Å². The fourth-order valence-corrected chi connectivity index (χ4v) is 2.19. The summed E-state index contributed by atoms with van der Waals surface area (Å²) >= 11 is 0. The summed E-state index contributed by atoms with van der Waals surface area (Å²) in [5.74, 6) is 0.522. The van der Waals surface area contributed by atoms with Gasteiger partial charge in [-0.05, 0) is 44.7 Å². The third-order valence-corrected chi connectivity index (χ3v) is 3.32. The molecule has 0 radical (unpaired) electrons. The van der Waals surface area contributed by atoms with Crippen molar-refractivity contribution in [1.82, 2.24) is 5.32 Å². The van der Waals surface area contributed by atoms with E-state index in [1.165, 1.54) is 0 Å². The number of hydrogen-bond acceptors (Lipinski definition) is 2. The molecule has 1 heterocycles. The van der Waals surface area contributed by atoms with Gasteiger partial charge in [-0.1, -0.05) is 13.8 Å². The Morgan fingerprint density at radius 3 is 2.17 bits per heavy atom. The van der Waals surface area contributed by atoms with Gasteiger partial charge < -0.3 is 10.4 Å². The van der Waals surface area contributed by atoms with Crippen LogP contribution in [0.2, 0.25) is 0 Å². The van der Waals surface area contributed by atoms with E-state index in [4.69, 9.17) is 0 Å². The minimum atomic E-state index is -0.387. The molecule has 1 aliphatic heterocycles. The maximum absolute atomic E-state index is 10.2. The first kappa shape index (κ1) is 10.0. The zero-order valence-corrected chi connectivity index (χ0v) is 8.27. The van der Waals surface area contributed by atoms with Gasteiger partial charge in [-0.2, -0.15) is 0 Å². The van der Waals surface area contributed by atoms with Crippen LogP contribution in [0.4, 0.5) is 0 Å². The molecule has 0 saturated carbocycles. The maximum Gasteiger partial charge on any atom is 0.0671 e. The number of nitrogens with one attached hydrogen (secondary N) is 1. The second kappa shape index (κ2) is 4.24. The lowest BCUT2D eigenvalue weighted by molar-refractivity contribution is -0.0368. The van der Waals surface area contributed by atoms with Crippen molar-refractivity contribution in [2.75, 3.05) is 13.1 Å². The summed E-state index contributed by atoms with van der Waals surface area (Å²) < 4.78 is 0. The van der Waals surface area contributed by atoms with E-state index >= 15 is 0 Å². The number of aliphatic hydroxyl groups is 1. The first-order valence-corrected chi connectivity index (χ1v) is 5.16. The molecule has 2 N–H and O–H groups in total. The molecule has 0 spiro atoms. The Kier molecular flexibility index (Phi) is 3.53. The van der Waals surface area contributed by atoms with Gasteiger partial charge >= 0.3 is 0 Å². The molecule has 0 atom stereocenters. The van der Waals surface area contributed by atoms with Gasteiger partial charge in [0.15, 0.2) is 0 Å². The minimum absolute atomic E-state index is 0.387. The maximum atomic E-state index is 10.2. The van der Waals surface area contributed by atoms with Gasteiger partial charge in [-0.3, -0.25) is 0 Å². The van der Waals surface area contributed by atoms with Crippen molar-refractivity contribution >= 4 is 0 Å². The van der Waals surface area contributed by atoms with Crippen LogP contribution in [0.25, 0.3) is 0 Å². The molecule has 1 fully saturated rings. The lowest BCUT2D eigenvalue weighted by Gasteiger charge is -2.37. The molecule has 0 amide bonds. The predicted octanol–water partition coefficient (Wildman–Crippen LogP) is 1.54. The summed E-state index contributed by atoms with van der Waals surface area (Å²) in [7, 11) is 0. The largest absolute Gasteiger partial charge is 0.390 e. The Hall–Kier alpha value is -0.0800. The van der Waals surface area contributed by atoms with Gasteiger partial charge in [0.1, 0.15) is 0 Å². The van der Waals surface area contributed by atoms with Crippen LogP contribution in [-0.2, 0) is 0 Å². The molecule has 0 aromatic carbocycles. The molecule has 1 rings (SSSR count). The third-order valence-electron chi connectivity index (χ3n) is 3.32. The van der Waals surface area contributed by atoms with Gasteiger partial charge in [-0.15, -0.1) is 0 Å². The van der Waals surface area contributed by atoms with Gasteiger partial charge in [0.05, 0.1) is 5.60 Å². The Balaban J connectivity index is 2.51. The molecule has 0 aromatic heterocycles. The molecular weight excluding hydrogens is 150 g/mol. The molecule has 0 bridgehead atoms. The molecule has 2 nitrogen and oxygen atoms in total. The fourth-order valence-electron chi connectivity index (χ4n) is 2.19. The minimum Gasteiger partial charge on any atom is -0.390 e. The first-order chi connectivity index (χ1) is 5.73. The van der Waals surface area contributed by atoms with Crippen molar-refractivity contribution in [2.24, 2.45) is 5.92 Å². The Labute approximate surface area is 75.4 Å². The average Bonchev–Trinajstić information content (AvgIpc) is 2.18. The Morgan fingerprint density at radius 2 is 1.75 bits per heavy atom. The van der Waals surface area contributed by atoms with E-state index in [9.17, 15) is 5.11 Å². The van der Waals surface area contributed by atoms with E-state index in [0.29, 0.717) is 5.92 Å². The van der Waals surface area contributed by atoms with Crippen LogP contribution in [-0.4, -0.2) is 23.8 Å². The number of hydrogen-bond donors (Lipinski definition) is 2. The molecule has 1 saturated heterocycles. The van der Waals surface area contributed by atoms with E-state index < -0.39 is 0 Å². The summed E-state index contributed by atoms with van der Waals surface area (Å²) in [6, 6.07) is 0. The quantitative estimate of drug-likeness (QED) is 0.675. The molecule has 0 aliphatic carbocycles. The third kappa shape index (κ3) is 1.99. The van der Waals surface area contributed by atoms with E-state index in [1.807, 2.05) is 0 Å². The molecule has 12 heavy (non-hydrogen) atoms. The highest BCUT2D eigenvalue weighted by Gasteiger charge is 2.33. The van der Waals surface area contributed by atoms with Crippen LogP contribution in [0.3, 0.4) is 0 Å². The molecule has 0 unspecified atom stereocenters. The normalized spacial score (nSPS) is 21.2. The summed E-state index contributed by atoms with van der Waals surface area (Å²) in [4.78, 5) is 0. The number of piperidine rings is 1. The van der Waals surface area contributed by atoms with Crippen LogP contribution in [0, 0.1) is 5.92 Å². The van der Waals surface area contributed by atoms with Crippen molar-refractivity contribution in [2.45, 2.75) is 45.1 Å². The summed E-state index contributed by atoms with van der Waals surface area (Å²) in [6.07, 6.45) is 4.07. The topological polar surface area (TPSA) is 32.3 Å². The SMILES string of the molecule is CCC(O)(CC)C1CCNCC1. The zero-order valence-electron chi connectivity index (χ0n) is 8.27. The van der Waals surface area contributed by atoms with E-state index in [2.05, 4.69) is 19.2 Å². The molecular formula is C10H21NO. The van der Waals surface area contributed by atoms with E-state index in [1.54, 1.807) is 0 Å². The fraction of sp³-hybridized carbons (Fsp3) is 1.00. The van der Waals surface area contributed by atoms with E-state index in [-0.39, 0.29) is 5.60 Å². The summed E-state index contributed by atoms with van der Waals surface area (Å²) in [5.41, 5.74) is -0.387. The van der Waals surface area contributed by atoms with Crippen LogP contribution in [0.1, 0.15) is 39.5 Å².